The van der Waals surface area contributed by atoms with Gasteiger partial charge in [0, 0.05) is 20.7 Å². The molecule has 1 rings (SSSR count). The molecule has 0 spiro atoms. The van der Waals surface area contributed by atoms with Crippen molar-refractivity contribution in [1.82, 2.24) is 5.32 Å². The number of nitrogens with one attached hydrogen (secondary N) is 1. The molecule has 1 atom stereocenters. The molecule has 1 aromatic carbocycles. The Morgan fingerprint density at radius 2 is 1.82 bits per heavy atom. The van der Waals surface area contributed by atoms with E-state index >= 15 is 0 Å². The third-order valence-electron chi connectivity index (χ3n) is 2.33. The van der Waals surface area contributed by atoms with Crippen molar-refractivity contribution >= 4 is 27.7 Å². The van der Waals surface area contributed by atoms with Crippen LogP contribution in [-0.4, -0.2) is 17.8 Å². The maximum atomic E-state index is 3.55. The highest BCUT2D eigenvalue weighted by Crippen LogP contribution is 2.22. The Morgan fingerprint density at radius 3 is 2.35 bits per heavy atom. The number of rotatable bonds is 5. The molecular formula is C14H22BrNS. The zero-order valence-electron chi connectivity index (χ0n) is 11.1. The monoisotopic (exact) mass is 315 g/mol. The summed E-state index contributed by atoms with van der Waals surface area (Å²) in [6, 6.07) is 8.53. The molecule has 96 valence electrons. The van der Waals surface area contributed by atoms with Crippen molar-refractivity contribution in [3.63, 3.8) is 0 Å². The van der Waals surface area contributed by atoms with Crippen molar-refractivity contribution in [1.29, 1.82) is 0 Å². The molecule has 1 nitrogen and oxygen atoms in total. The summed E-state index contributed by atoms with van der Waals surface area (Å²) in [4.78, 5) is 1.34. The van der Waals surface area contributed by atoms with Crippen molar-refractivity contribution < 1.29 is 0 Å². The Morgan fingerprint density at radius 1 is 1.24 bits per heavy atom. The second-order valence-electron chi connectivity index (χ2n) is 5.50. The Kier molecular flexibility index (Phi) is 6.04. The second-order valence-corrected chi connectivity index (χ2v) is 7.51. The predicted octanol–water partition coefficient (Wildman–Crippen LogP) is 4.57. The van der Waals surface area contributed by atoms with Crippen LogP contribution in [0.2, 0.25) is 0 Å². The minimum atomic E-state index is 0.219. The average molecular weight is 316 g/mol. The fourth-order valence-electron chi connectivity index (χ4n) is 1.31. The van der Waals surface area contributed by atoms with Gasteiger partial charge in [-0.1, -0.05) is 22.9 Å². The van der Waals surface area contributed by atoms with Gasteiger partial charge in [-0.05, 0) is 57.5 Å². The van der Waals surface area contributed by atoms with E-state index in [0.29, 0.717) is 5.92 Å². The molecule has 0 aromatic heterocycles. The number of hydrogen-bond donors (Lipinski definition) is 1. The van der Waals surface area contributed by atoms with Crippen molar-refractivity contribution in [2.24, 2.45) is 5.92 Å². The first-order valence-electron chi connectivity index (χ1n) is 6.00. The maximum Gasteiger partial charge on any atom is 0.0176 e. The quantitative estimate of drug-likeness (QED) is 0.799. The zero-order valence-corrected chi connectivity index (χ0v) is 13.5. The Balaban J connectivity index is 2.28. The number of hydrogen-bond acceptors (Lipinski definition) is 2. The minimum absolute atomic E-state index is 0.219. The SMILES string of the molecule is CC(CNC(C)(C)C)CSc1ccc(Br)cc1. The van der Waals surface area contributed by atoms with E-state index in [1.807, 2.05) is 11.8 Å². The molecule has 1 unspecified atom stereocenters. The van der Waals surface area contributed by atoms with E-state index in [0.717, 1.165) is 16.8 Å². The molecule has 0 heterocycles. The van der Waals surface area contributed by atoms with E-state index in [-0.39, 0.29) is 5.54 Å². The highest BCUT2D eigenvalue weighted by atomic mass is 79.9. The molecule has 0 saturated heterocycles. The summed E-state index contributed by atoms with van der Waals surface area (Å²) in [5.74, 6) is 1.84. The van der Waals surface area contributed by atoms with Crippen LogP contribution < -0.4 is 5.32 Å². The van der Waals surface area contributed by atoms with Crippen molar-refractivity contribution in [3.05, 3.63) is 28.7 Å². The average Bonchev–Trinajstić information content (AvgIpc) is 2.25. The van der Waals surface area contributed by atoms with Crippen LogP contribution >= 0.6 is 27.7 Å². The third kappa shape index (κ3) is 7.12. The summed E-state index contributed by atoms with van der Waals surface area (Å²) < 4.78 is 1.14. The highest BCUT2D eigenvalue weighted by Gasteiger charge is 2.11. The van der Waals surface area contributed by atoms with Gasteiger partial charge in [-0.25, -0.2) is 0 Å². The van der Waals surface area contributed by atoms with Crippen LogP contribution in [0, 0.1) is 5.92 Å². The van der Waals surface area contributed by atoms with E-state index in [2.05, 4.69) is 73.2 Å². The first-order chi connectivity index (χ1) is 7.87. The first-order valence-corrected chi connectivity index (χ1v) is 7.78. The van der Waals surface area contributed by atoms with Crippen LogP contribution in [0.25, 0.3) is 0 Å². The van der Waals surface area contributed by atoms with Crippen LogP contribution in [0.15, 0.2) is 33.6 Å². The molecular weight excluding hydrogens is 294 g/mol. The van der Waals surface area contributed by atoms with E-state index in [9.17, 15) is 0 Å². The summed E-state index contributed by atoms with van der Waals surface area (Å²) >= 11 is 5.38. The second kappa shape index (κ2) is 6.81. The first kappa shape index (κ1) is 15.1. The van der Waals surface area contributed by atoms with Gasteiger partial charge in [0.05, 0.1) is 0 Å². The molecule has 1 aromatic rings. The van der Waals surface area contributed by atoms with E-state index in [1.54, 1.807) is 0 Å². The van der Waals surface area contributed by atoms with Gasteiger partial charge < -0.3 is 5.32 Å². The van der Waals surface area contributed by atoms with Crippen molar-refractivity contribution in [3.8, 4) is 0 Å². The minimum Gasteiger partial charge on any atom is -0.312 e. The molecule has 0 radical (unpaired) electrons. The fourth-order valence-corrected chi connectivity index (χ4v) is 2.50. The molecule has 0 aliphatic rings. The lowest BCUT2D eigenvalue weighted by Gasteiger charge is -2.23. The standard InChI is InChI=1S/C14H22BrNS/c1-11(9-16-14(2,3)4)10-17-13-7-5-12(15)6-8-13/h5-8,11,16H,9-10H2,1-4H3. The summed E-state index contributed by atoms with van der Waals surface area (Å²) in [6.07, 6.45) is 0. The van der Waals surface area contributed by atoms with Crippen LogP contribution in [0.3, 0.4) is 0 Å². The van der Waals surface area contributed by atoms with E-state index < -0.39 is 0 Å². The Labute approximate surface area is 118 Å². The molecule has 1 N–H and O–H groups in total. The summed E-state index contributed by atoms with van der Waals surface area (Å²) in [5.41, 5.74) is 0.219. The van der Waals surface area contributed by atoms with Gasteiger partial charge in [-0.15, -0.1) is 11.8 Å². The smallest absolute Gasteiger partial charge is 0.0176 e. The summed E-state index contributed by atoms with van der Waals surface area (Å²) in [5, 5.41) is 3.55. The van der Waals surface area contributed by atoms with Crippen LogP contribution in [0.1, 0.15) is 27.7 Å². The molecule has 0 saturated carbocycles. The van der Waals surface area contributed by atoms with Gasteiger partial charge in [0.25, 0.3) is 0 Å². The molecule has 0 aliphatic carbocycles. The van der Waals surface area contributed by atoms with Crippen molar-refractivity contribution in [2.75, 3.05) is 12.3 Å². The summed E-state index contributed by atoms with van der Waals surface area (Å²) in [6.45, 7) is 10.0. The predicted molar refractivity (Wildman–Crippen MR) is 81.8 cm³/mol. The van der Waals surface area contributed by atoms with Gasteiger partial charge in [0.15, 0.2) is 0 Å². The van der Waals surface area contributed by atoms with Gasteiger partial charge in [0.1, 0.15) is 0 Å². The van der Waals surface area contributed by atoms with Crippen LogP contribution in [-0.2, 0) is 0 Å². The van der Waals surface area contributed by atoms with Gasteiger partial charge in [-0.2, -0.15) is 0 Å². The Bertz CT molecular complexity index is 329. The molecule has 3 heteroatoms. The zero-order chi connectivity index (χ0) is 12.9. The number of thioether (sulfide) groups is 1. The van der Waals surface area contributed by atoms with Crippen molar-refractivity contribution in [2.45, 2.75) is 38.1 Å². The molecule has 0 aliphatic heterocycles. The molecule has 0 bridgehead atoms. The van der Waals surface area contributed by atoms with Crippen LogP contribution in [0.5, 0.6) is 0 Å². The number of halogens is 1. The summed E-state index contributed by atoms with van der Waals surface area (Å²) in [7, 11) is 0. The normalized spacial score (nSPS) is 13.7. The van der Waals surface area contributed by atoms with Gasteiger partial charge >= 0.3 is 0 Å². The lowest BCUT2D eigenvalue weighted by Crippen LogP contribution is -2.39. The lowest BCUT2D eigenvalue weighted by atomic mass is 10.1. The fraction of sp³-hybridized carbons (Fsp3) is 0.571. The van der Waals surface area contributed by atoms with E-state index in [4.69, 9.17) is 0 Å². The topological polar surface area (TPSA) is 12.0 Å². The molecule has 0 fully saturated rings. The van der Waals surface area contributed by atoms with Crippen LogP contribution in [0.4, 0.5) is 0 Å². The lowest BCUT2D eigenvalue weighted by molar-refractivity contribution is 0.395. The van der Waals surface area contributed by atoms with Gasteiger partial charge in [-0.3, -0.25) is 0 Å². The van der Waals surface area contributed by atoms with E-state index in [1.165, 1.54) is 4.90 Å². The molecule has 0 amide bonds. The molecule has 17 heavy (non-hydrogen) atoms. The highest BCUT2D eigenvalue weighted by molar-refractivity contribution is 9.10. The third-order valence-corrected chi connectivity index (χ3v) is 4.20. The van der Waals surface area contributed by atoms with Gasteiger partial charge in [0.2, 0.25) is 0 Å². The largest absolute Gasteiger partial charge is 0.312 e. The number of benzene rings is 1. The Hall–Kier alpha value is 0.01000. The maximum absolute atomic E-state index is 3.55.